The van der Waals surface area contributed by atoms with Gasteiger partial charge in [0.1, 0.15) is 5.82 Å². The third-order valence-corrected chi connectivity index (χ3v) is 2.39. The molecule has 5 heteroatoms. The molecule has 0 fully saturated rings. The second-order valence-electron chi connectivity index (χ2n) is 4.66. The molecule has 0 unspecified atom stereocenters. The highest BCUT2D eigenvalue weighted by Crippen LogP contribution is 1.95. The van der Waals surface area contributed by atoms with Gasteiger partial charge in [0.2, 0.25) is 0 Å². The maximum absolute atomic E-state index is 11.5. The molecule has 0 saturated carbocycles. The third-order valence-electron chi connectivity index (χ3n) is 2.39. The van der Waals surface area contributed by atoms with Crippen molar-refractivity contribution in [2.75, 3.05) is 19.8 Å². The SMILES string of the molecule is CCOCCc1nc(CNCC(C)C)cc(=O)[nH]1. The van der Waals surface area contributed by atoms with Gasteiger partial charge >= 0.3 is 0 Å². The molecule has 2 N–H and O–H groups in total. The summed E-state index contributed by atoms with van der Waals surface area (Å²) in [6.07, 6.45) is 0.640. The van der Waals surface area contributed by atoms with Crippen molar-refractivity contribution >= 4 is 0 Å². The predicted molar refractivity (Wildman–Crippen MR) is 71.6 cm³/mol. The van der Waals surface area contributed by atoms with Gasteiger partial charge in [-0.25, -0.2) is 4.98 Å². The van der Waals surface area contributed by atoms with Crippen molar-refractivity contribution < 1.29 is 4.74 Å². The van der Waals surface area contributed by atoms with Crippen LogP contribution in [0.5, 0.6) is 0 Å². The average Bonchev–Trinajstić information content (AvgIpc) is 2.28. The predicted octanol–water partition coefficient (Wildman–Crippen LogP) is 1.09. The molecule has 0 bridgehead atoms. The average molecular weight is 253 g/mol. The Labute approximate surface area is 108 Å². The number of hydrogen-bond acceptors (Lipinski definition) is 4. The monoisotopic (exact) mass is 253 g/mol. The molecule has 0 spiro atoms. The normalized spacial score (nSPS) is 11.1. The molecule has 0 aromatic carbocycles. The molecular formula is C13H23N3O2. The molecule has 18 heavy (non-hydrogen) atoms. The zero-order chi connectivity index (χ0) is 13.4. The molecule has 102 valence electrons. The first-order valence-corrected chi connectivity index (χ1v) is 6.49. The van der Waals surface area contributed by atoms with Crippen molar-refractivity contribution in [3.63, 3.8) is 0 Å². The topological polar surface area (TPSA) is 67.0 Å². The van der Waals surface area contributed by atoms with E-state index in [1.807, 2.05) is 6.92 Å². The van der Waals surface area contributed by atoms with Gasteiger partial charge in [0.15, 0.2) is 0 Å². The van der Waals surface area contributed by atoms with Crippen LogP contribution in [0.1, 0.15) is 32.3 Å². The van der Waals surface area contributed by atoms with E-state index >= 15 is 0 Å². The van der Waals surface area contributed by atoms with Crippen LogP contribution in [0, 0.1) is 5.92 Å². The highest BCUT2D eigenvalue weighted by Gasteiger charge is 2.02. The Hall–Kier alpha value is -1.20. The second-order valence-corrected chi connectivity index (χ2v) is 4.66. The van der Waals surface area contributed by atoms with Gasteiger partial charge in [-0.2, -0.15) is 0 Å². The minimum atomic E-state index is -0.0992. The fourth-order valence-electron chi connectivity index (χ4n) is 1.57. The van der Waals surface area contributed by atoms with Gasteiger partial charge in [-0.05, 0) is 19.4 Å². The van der Waals surface area contributed by atoms with Crippen LogP contribution in [-0.4, -0.2) is 29.7 Å². The highest BCUT2D eigenvalue weighted by molar-refractivity contribution is 5.02. The van der Waals surface area contributed by atoms with Crippen molar-refractivity contribution in [2.24, 2.45) is 5.92 Å². The molecule has 0 aliphatic rings. The van der Waals surface area contributed by atoms with Gasteiger partial charge in [-0.15, -0.1) is 0 Å². The van der Waals surface area contributed by atoms with Crippen LogP contribution in [0.15, 0.2) is 10.9 Å². The van der Waals surface area contributed by atoms with Gasteiger partial charge in [0, 0.05) is 25.6 Å². The molecule has 0 aliphatic heterocycles. The molecule has 1 rings (SSSR count). The Morgan fingerprint density at radius 1 is 1.50 bits per heavy atom. The molecule has 5 nitrogen and oxygen atoms in total. The van der Waals surface area contributed by atoms with E-state index in [1.165, 1.54) is 6.07 Å². The Morgan fingerprint density at radius 3 is 2.94 bits per heavy atom. The minimum Gasteiger partial charge on any atom is -0.381 e. The first-order valence-electron chi connectivity index (χ1n) is 6.49. The van der Waals surface area contributed by atoms with Gasteiger partial charge in [-0.1, -0.05) is 13.8 Å². The largest absolute Gasteiger partial charge is 0.381 e. The van der Waals surface area contributed by atoms with Crippen molar-refractivity contribution in [3.8, 4) is 0 Å². The van der Waals surface area contributed by atoms with Gasteiger partial charge in [0.25, 0.3) is 5.56 Å². The van der Waals surface area contributed by atoms with Crippen molar-refractivity contribution in [1.82, 2.24) is 15.3 Å². The lowest BCUT2D eigenvalue weighted by Crippen LogP contribution is -2.22. The first-order chi connectivity index (χ1) is 8.61. The van der Waals surface area contributed by atoms with Gasteiger partial charge in [0.05, 0.1) is 12.3 Å². The number of aromatic nitrogens is 2. The molecule has 0 atom stereocenters. The van der Waals surface area contributed by atoms with E-state index in [4.69, 9.17) is 4.74 Å². The maximum atomic E-state index is 11.5. The van der Waals surface area contributed by atoms with E-state index in [0.29, 0.717) is 37.9 Å². The smallest absolute Gasteiger partial charge is 0.251 e. The summed E-state index contributed by atoms with van der Waals surface area (Å²) in [6.45, 7) is 9.05. The number of hydrogen-bond donors (Lipinski definition) is 2. The maximum Gasteiger partial charge on any atom is 0.251 e. The molecule has 0 aliphatic carbocycles. The lowest BCUT2D eigenvalue weighted by atomic mass is 10.2. The summed E-state index contributed by atoms with van der Waals surface area (Å²) in [5, 5.41) is 3.28. The highest BCUT2D eigenvalue weighted by atomic mass is 16.5. The second kappa shape index (κ2) is 8.00. The number of aromatic amines is 1. The summed E-state index contributed by atoms with van der Waals surface area (Å²) in [5.41, 5.74) is 0.684. The van der Waals surface area contributed by atoms with Gasteiger partial charge < -0.3 is 15.0 Å². The van der Waals surface area contributed by atoms with Crippen molar-refractivity contribution in [2.45, 2.75) is 33.7 Å². The van der Waals surface area contributed by atoms with Crippen LogP contribution < -0.4 is 10.9 Å². The quantitative estimate of drug-likeness (QED) is 0.681. The Bertz CT molecular complexity index is 401. The zero-order valence-corrected chi connectivity index (χ0v) is 11.5. The molecule has 0 amide bonds. The summed E-state index contributed by atoms with van der Waals surface area (Å²) in [4.78, 5) is 18.6. The van der Waals surface area contributed by atoms with Crippen LogP contribution in [-0.2, 0) is 17.7 Å². The summed E-state index contributed by atoms with van der Waals surface area (Å²) < 4.78 is 5.25. The number of H-pyrrole nitrogens is 1. The summed E-state index contributed by atoms with van der Waals surface area (Å²) in [7, 11) is 0. The standard InChI is InChI=1S/C13H23N3O2/c1-4-18-6-5-12-15-11(7-13(17)16-12)9-14-8-10(2)3/h7,10,14H,4-6,8-9H2,1-3H3,(H,15,16,17). The summed E-state index contributed by atoms with van der Waals surface area (Å²) >= 11 is 0. The minimum absolute atomic E-state index is 0.0992. The number of nitrogens with one attached hydrogen (secondary N) is 2. The number of nitrogens with zero attached hydrogens (tertiary/aromatic N) is 1. The first kappa shape index (κ1) is 14.9. The fraction of sp³-hybridized carbons (Fsp3) is 0.692. The summed E-state index contributed by atoms with van der Waals surface area (Å²) in [6, 6.07) is 1.54. The van der Waals surface area contributed by atoms with Crippen molar-refractivity contribution in [1.29, 1.82) is 0 Å². The third kappa shape index (κ3) is 5.93. The Balaban J connectivity index is 2.54. The summed E-state index contributed by atoms with van der Waals surface area (Å²) in [5.74, 6) is 1.28. The number of ether oxygens (including phenoxy) is 1. The van der Waals surface area contributed by atoms with Gasteiger partial charge in [-0.3, -0.25) is 4.79 Å². The molecule has 0 radical (unpaired) electrons. The van der Waals surface area contributed by atoms with Crippen LogP contribution in [0.2, 0.25) is 0 Å². The lowest BCUT2D eigenvalue weighted by Gasteiger charge is -2.08. The molecule has 1 aromatic heterocycles. The van der Waals surface area contributed by atoms with Crippen LogP contribution in [0.3, 0.4) is 0 Å². The van der Waals surface area contributed by atoms with E-state index in [-0.39, 0.29) is 5.56 Å². The molecular weight excluding hydrogens is 230 g/mol. The van der Waals surface area contributed by atoms with Crippen LogP contribution >= 0.6 is 0 Å². The Kier molecular flexibility index (Phi) is 6.60. The lowest BCUT2D eigenvalue weighted by molar-refractivity contribution is 0.149. The van der Waals surface area contributed by atoms with Crippen LogP contribution in [0.25, 0.3) is 0 Å². The molecule has 1 aromatic rings. The van der Waals surface area contributed by atoms with Crippen LogP contribution in [0.4, 0.5) is 0 Å². The number of rotatable bonds is 8. The zero-order valence-electron chi connectivity index (χ0n) is 11.5. The van der Waals surface area contributed by atoms with E-state index in [9.17, 15) is 4.79 Å². The van der Waals surface area contributed by atoms with E-state index in [1.54, 1.807) is 0 Å². The van der Waals surface area contributed by atoms with E-state index in [0.717, 1.165) is 12.2 Å². The van der Waals surface area contributed by atoms with Crippen molar-refractivity contribution in [3.05, 3.63) is 27.9 Å². The Morgan fingerprint density at radius 2 is 2.28 bits per heavy atom. The molecule has 1 heterocycles. The fourth-order valence-corrected chi connectivity index (χ4v) is 1.57. The van der Waals surface area contributed by atoms with E-state index < -0.39 is 0 Å². The van der Waals surface area contributed by atoms with E-state index in [2.05, 4.69) is 29.1 Å². The molecule has 0 saturated heterocycles.